The molecule has 1 unspecified atom stereocenters. The van der Waals surface area contributed by atoms with Crippen molar-refractivity contribution in [1.29, 1.82) is 0 Å². The fraction of sp³-hybridized carbons (Fsp3) is 0.130. The van der Waals surface area contributed by atoms with Gasteiger partial charge in [0.1, 0.15) is 6.20 Å². The zero-order valence-corrected chi connectivity index (χ0v) is 14.4. The van der Waals surface area contributed by atoms with Gasteiger partial charge in [-0.1, -0.05) is 59.3 Å². The Morgan fingerprint density at radius 1 is 0.760 bits per heavy atom. The fourth-order valence-electron chi connectivity index (χ4n) is 4.25. The van der Waals surface area contributed by atoms with Gasteiger partial charge >= 0.3 is 0 Å². The Bertz CT molecular complexity index is 1050. The van der Waals surface area contributed by atoms with E-state index in [0.29, 0.717) is 0 Å². The van der Waals surface area contributed by atoms with E-state index in [-0.39, 0.29) is 6.04 Å². The van der Waals surface area contributed by atoms with E-state index in [9.17, 15) is 0 Å². The number of azo groups is 2. The van der Waals surface area contributed by atoms with Crippen molar-refractivity contribution in [2.45, 2.75) is 19.9 Å². The normalized spacial score (nSPS) is 17.3. The van der Waals surface area contributed by atoms with E-state index in [2.05, 4.69) is 91.5 Å². The number of fused-ring (bicyclic) bond motifs is 6. The molecule has 3 aromatic rings. The second-order valence-electron chi connectivity index (χ2n) is 6.82. The lowest BCUT2D eigenvalue weighted by Crippen LogP contribution is -2.17. The van der Waals surface area contributed by atoms with Crippen LogP contribution >= 0.6 is 0 Å². The summed E-state index contributed by atoms with van der Waals surface area (Å²) in [4.78, 5) is 0. The highest BCUT2D eigenvalue weighted by Gasteiger charge is 2.43. The molecule has 2 heterocycles. The van der Waals surface area contributed by atoms with Gasteiger partial charge in [0.05, 0.1) is 11.1 Å². The van der Waals surface area contributed by atoms with Crippen molar-refractivity contribution in [3.05, 3.63) is 95.2 Å². The van der Waals surface area contributed by atoms with E-state index >= 15 is 0 Å². The number of aryl methyl sites for hydroxylation is 2. The summed E-state index contributed by atoms with van der Waals surface area (Å²) in [6.07, 6.45) is 2.05. The maximum Gasteiger partial charge on any atom is 0.240 e. The topological polar surface area (TPSA) is 15.4 Å². The van der Waals surface area contributed by atoms with Crippen LogP contribution in [0, 0.1) is 13.8 Å². The van der Waals surface area contributed by atoms with E-state index in [1.165, 1.54) is 44.6 Å². The van der Waals surface area contributed by atoms with Crippen molar-refractivity contribution >= 4 is 11.3 Å². The van der Waals surface area contributed by atoms with Crippen LogP contribution in [0.4, 0.5) is 5.69 Å². The molecule has 0 aromatic heterocycles. The lowest BCUT2D eigenvalue weighted by Gasteiger charge is -2.23. The van der Waals surface area contributed by atoms with Gasteiger partial charge in [-0.15, -0.1) is 0 Å². The van der Waals surface area contributed by atoms with Crippen molar-refractivity contribution in [3.8, 4) is 11.1 Å². The number of rotatable bonds is 1. The molecule has 0 saturated carbocycles. The lowest BCUT2D eigenvalue weighted by atomic mass is 9.83. The molecule has 0 N–H and O–H groups in total. The van der Waals surface area contributed by atoms with Crippen molar-refractivity contribution in [2.24, 2.45) is 5.11 Å². The number of benzene rings is 3. The minimum atomic E-state index is 0.144. The summed E-state index contributed by atoms with van der Waals surface area (Å²) >= 11 is 0. The van der Waals surface area contributed by atoms with Crippen molar-refractivity contribution in [2.75, 3.05) is 0 Å². The number of nitrogens with zero attached hydrogens (tertiary/aromatic N) is 2. The zero-order chi connectivity index (χ0) is 17.0. The molecule has 0 bridgehead atoms. The first-order valence-corrected chi connectivity index (χ1v) is 8.70. The molecule has 0 radical (unpaired) electrons. The van der Waals surface area contributed by atoms with Gasteiger partial charge in [-0.3, -0.25) is 0 Å². The second-order valence-corrected chi connectivity index (χ2v) is 6.82. The Hall–Kier alpha value is -3.00. The molecule has 0 fully saturated rings. The Kier molecular flexibility index (Phi) is 3.01. The third kappa shape index (κ3) is 1.97. The van der Waals surface area contributed by atoms with Gasteiger partial charge in [0.2, 0.25) is 11.7 Å². The molecule has 0 amide bonds. The predicted molar refractivity (Wildman–Crippen MR) is 101 cm³/mol. The Labute approximate surface area is 147 Å². The van der Waals surface area contributed by atoms with Crippen LogP contribution in [0.15, 0.2) is 78.0 Å². The van der Waals surface area contributed by atoms with Crippen LogP contribution in [-0.4, -0.2) is 4.70 Å². The van der Waals surface area contributed by atoms with Gasteiger partial charge in [0, 0.05) is 11.6 Å². The summed E-state index contributed by atoms with van der Waals surface area (Å²) in [5, 5.41) is 4.81. The third-order valence-electron chi connectivity index (χ3n) is 5.33. The predicted octanol–water partition coefficient (Wildman–Crippen LogP) is 6.18. The Morgan fingerprint density at radius 3 is 2.24 bits per heavy atom. The first kappa shape index (κ1) is 14.4. The largest absolute Gasteiger partial charge is 0.240 e. The van der Waals surface area contributed by atoms with Crippen LogP contribution in [0.5, 0.6) is 0 Å². The molecule has 2 aliphatic heterocycles. The second kappa shape index (κ2) is 5.25. The van der Waals surface area contributed by atoms with Crippen LogP contribution in [0.3, 0.4) is 0 Å². The summed E-state index contributed by atoms with van der Waals surface area (Å²) in [5.41, 5.74) is 10.3. The van der Waals surface area contributed by atoms with Gasteiger partial charge in [-0.2, -0.15) is 0 Å². The average molecular weight is 323 g/mol. The van der Waals surface area contributed by atoms with Gasteiger partial charge in [-0.05, 0) is 47.3 Å². The van der Waals surface area contributed by atoms with Crippen molar-refractivity contribution in [3.63, 3.8) is 0 Å². The van der Waals surface area contributed by atoms with Crippen LogP contribution in [0.1, 0.15) is 28.3 Å². The summed E-state index contributed by atoms with van der Waals surface area (Å²) < 4.78 is 2.18. The molecule has 2 aliphatic rings. The van der Waals surface area contributed by atoms with Gasteiger partial charge < -0.3 is 0 Å². The molecule has 5 rings (SSSR count). The molecule has 3 aromatic carbocycles. The molecule has 0 spiro atoms. The lowest BCUT2D eigenvalue weighted by molar-refractivity contribution is -0.534. The molecule has 2 heteroatoms. The van der Waals surface area contributed by atoms with Crippen LogP contribution in [0.2, 0.25) is 0 Å². The van der Waals surface area contributed by atoms with E-state index in [0.717, 1.165) is 0 Å². The number of hydrogen-bond acceptors (Lipinski definition) is 1. The maximum atomic E-state index is 4.81. The van der Waals surface area contributed by atoms with Gasteiger partial charge in [0.15, 0.2) is 0 Å². The Balaban J connectivity index is 1.77. The van der Waals surface area contributed by atoms with Gasteiger partial charge in [0.25, 0.3) is 0 Å². The molecular weight excluding hydrogens is 304 g/mol. The smallest absolute Gasteiger partial charge is 0.0721 e. The third-order valence-corrected chi connectivity index (χ3v) is 5.33. The fourth-order valence-corrected chi connectivity index (χ4v) is 4.25. The Morgan fingerprint density at radius 2 is 1.44 bits per heavy atom. The SMILES string of the molecule is Cc1cccc(C)c1C1=CN=[N+]2c3ccccc3-c3ccccc3C12. The van der Waals surface area contributed by atoms with Crippen LogP contribution in [0.25, 0.3) is 16.7 Å². The molecule has 1 atom stereocenters. The number of para-hydroxylation sites is 1. The standard InChI is InChI=1S/C23H19N2/c1-15-8-7-9-16(2)22(15)20-14-24-25-21-13-6-5-11-18(21)17-10-3-4-12-19(17)23(20)25/h3-14,23H,1-2H3/q+1. The maximum absolute atomic E-state index is 4.81. The average Bonchev–Trinajstić information content (AvgIpc) is 3.07. The van der Waals surface area contributed by atoms with E-state index in [1.54, 1.807) is 0 Å². The minimum absolute atomic E-state index is 0.144. The molecule has 25 heavy (non-hydrogen) atoms. The highest BCUT2D eigenvalue weighted by Crippen LogP contribution is 2.51. The van der Waals surface area contributed by atoms with Crippen molar-refractivity contribution < 1.29 is 4.70 Å². The molecular formula is C23H19N2+. The van der Waals surface area contributed by atoms with E-state index in [1.807, 2.05) is 0 Å². The zero-order valence-electron chi connectivity index (χ0n) is 14.4. The summed E-state index contributed by atoms with van der Waals surface area (Å²) in [6.45, 7) is 4.38. The van der Waals surface area contributed by atoms with E-state index in [4.69, 9.17) is 5.11 Å². The molecule has 120 valence electrons. The highest BCUT2D eigenvalue weighted by molar-refractivity contribution is 5.84. The van der Waals surface area contributed by atoms with Crippen molar-refractivity contribution in [1.82, 2.24) is 0 Å². The first-order valence-electron chi connectivity index (χ1n) is 8.70. The summed E-state index contributed by atoms with van der Waals surface area (Å²) in [5.74, 6) is 0. The molecule has 0 saturated heterocycles. The summed E-state index contributed by atoms with van der Waals surface area (Å²) in [7, 11) is 0. The highest BCUT2D eigenvalue weighted by atomic mass is 15.3. The molecule has 0 aliphatic carbocycles. The minimum Gasteiger partial charge on any atom is -0.0721 e. The van der Waals surface area contributed by atoms with Crippen LogP contribution < -0.4 is 0 Å². The van der Waals surface area contributed by atoms with Gasteiger partial charge in [-0.25, -0.2) is 0 Å². The quantitative estimate of drug-likeness (QED) is 0.475. The van der Waals surface area contributed by atoms with E-state index < -0.39 is 0 Å². The van der Waals surface area contributed by atoms with Crippen LogP contribution in [-0.2, 0) is 0 Å². The monoisotopic (exact) mass is 323 g/mol. The first-order chi connectivity index (χ1) is 12.3. The summed E-state index contributed by atoms with van der Waals surface area (Å²) in [6, 6.07) is 23.9. The molecule has 2 nitrogen and oxygen atoms in total. The number of hydrogen-bond donors (Lipinski definition) is 0.